The SMILES string of the molecule is CCN1c2ncc(-c3nc4cc(C(=O)O)cnc4n3Cc3ccn(C)n3)cc2CC1(C)C. The van der Waals surface area contributed by atoms with E-state index in [-0.39, 0.29) is 11.1 Å². The zero-order valence-corrected chi connectivity index (χ0v) is 18.6. The fourth-order valence-electron chi connectivity index (χ4n) is 4.63. The normalized spacial score (nSPS) is 14.8. The summed E-state index contributed by atoms with van der Waals surface area (Å²) in [7, 11) is 1.87. The van der Waals surface area contributed by atoms with Crippen molar-refractivity contribution in [3.8, 4) is 11.4 Å². The molecule has 0 aliphatic carbocycles. The van der Waals surface area contributed by atoms with Crippen molar-refractivity contribution < 1.29 is 9.90 Å². The smallest absolute Gasteiger partial charge is 0.337 e. The highest BCUT2D eigenvalue weighted by molar-refractivity contribution is 5.91. The van der Waals surface area contributed by atoms with Crippen molar-refractivity contribution in [3.05, 3.63) is 53.6 Å². The lowest BCUT2D eigenvalue weighted by molar-refractivity contribution is 0.0696. The van der Waals surface area contributed by atoms with Crippen molar-refractivity contribution in [3.63, 3.8) is 0 Å². The van der Waals surface area contributed by atoms with Crippen molar-refractivity contribution >= 4 is 23.0 Å². The highest BCUT2D eigenvalue weighted by atomic mass is 16.4. The van der Waals surface area contributed by atoms with Gasteiger partial charge in [-0.05, 0) is 51.0 Å². The summed E-state index contributed by atoms with van der Waals surface area (Å²) in [4.78, 5) is 27.8. The summed E-state index contributed by atoms with van der Waals surface area (Å²) in [5, 5.41) is 13.9. The average Bonchev–Trinajstić information content (AvgIpc) is 3.39. The molecule has 1 aliphatic heterocycles. The minimum atomic E-state index is -1.03. The van der Waals surface area contributed by atoms with Gasteiger partial charge >= 0.3 is 5.97 Å². The Morgan fingerprint density at radius 3 is 2.72 bits per heavy atom. The molecule has 1 N–H and O–H groups in total. The lowest BCUT2D eigenvalue weighted by Crippen LogP contribution is -2.41. The Morgan fingerprint density at radius 2 is 2.03 bits per heavy atom. The number of hydrogen-bond acceptors (Lipinski definition) is 6. The minimum Gasteiger partial charge on any atom is -0.478 e. The van der Waals surface area contributed by atoms with Crippen LogP contribution >= 0.6 is 0 Å². The number of carboxylic acids is 1. The Hall–Kier alpha value is -3.75. The molecule has 0 amide bonds. The van der Waals surface area contributed by atoms with Crippen LogP contribution in [-0.2, 0) is 20.0 Å². The topological polar surface area (TPSA) is 102 Å². The van der Waals surface area contributed by atoms with Crippen molar-refractivity contribution in [1.82, 2.24) is 29.3 Å². The van der Waals surface area contributed by atoms with E-state index in [1.54, 1.807) is 10.7 Å². The number of anilines is 1. The van der Waals surface area contributed by atoms with Gasteiger partial charge in [0.25, 0.3) is 0 Å². The van der Waals surface area contributed by atoms with Crippen molar-refractivity contribution in [2.75, 3.05) is 11.4 Å². The maximum absolute atomic E-state index is 11.4. The van der Waals surface area contributed by atoms with E-state index in [1.807, 2.05) is 30.1 Å². The Kier molecular flexibility index (Phi) is 4.51. The molecule has 5 rings (SSSR count). The predicted octanol–water partition coefficient (Wildman–Crippen LogP) is 3.13. The molecule has 0 saturated carbocycles. The first-order valence-electron chi connectivity index (χ1n) is 10.6. The van der Waals surface area contributed by atoms with Gasteiger partial charge in [-0.15, -0.1) is 0 Å². The number of imidazole rings is 1. The van der Waals surface area contributed by atoms with Gasteiger partial charge in [-0.25, -0.2) is 19.7 Å². The van der Waals surface area contributed by atoms with Crippen LogP contribution in [0.25, 0.3) is 22.6 Å². The van der Waals surface area contributed by atoms with Crippen LogP contribution in [0.1, 0.15) is 42.4 Å². The van der Waals surface area contributed by atoms with Crippen molar-refractivity contribution in [1.29, 1.82) is 0 Å². The molecule has 164 valence electrons. The second-order valence-corrected chi connectivity index (χ2v) is 8.81. The number of hydrogen-bond donors (Lipinski definition) is 1. The second kappa shape index (κ2) is 7.15. The Labute approximate surface area is 185 Å². The van der Waals surface area contributed by atoms with E-state index >= 15 is 0 Å². The number of fused-ring (bicyclic) bond motifs is 2. The van der Waals surface area contributed by atoms with E-state index in [1.165, 1.54) is 11.8 Å². The largest absolute Gasteiger partial charge is 0.478 e. The van der Waals surface area contributed by atoms with Crippen LogP contribution in [0, 0.1) is 0 Å². The van der Waals surface area contributed by atoms with Gasteiger partial charge in [-0.3, -0.25) is 4.68 Å². The summed E-state index contributed by atoms with van der Waals surface area (Å²) in [5.41, 5.74) is 4.20. The van der Waals surface area contributed by atoms with E-state index in [4.69, 9.17) is 9.97 Å². The van der Waals surface area contributed by atoms with Gasteiger partial charge in [0.05, 0.1) is 17.8 Å². The van der Waals surface area contributed by atoms with E-state index in [0.717, 1.165) is 30.0 Å². The molecule has 0 unspecified atom stereocenters. The maximum Gasteiger partial charge on any atom is 0.337 e. The molecule has 4 aromatic rings. The highest BCUT2D eigenvalue weighted by Crippen LogP contribution is 2.38. The number of aromatic nitrogens is 6. The maximum atomic E-state index is 11.4. The van der Waals surface area contributed by atoms with E-state index < -0.39 is 5.97 Å². The third-order valence-corrected chi connectivity index (χ3v) is 6.05. The summed E-state index contributed by atoms with van der Waals surface area (Å²) < 4.78 is 3.73. The predicted molar refractivity (Wildman–Crippen MR) is 121 cm³/mol. The molecule has 0 bridgehead atoms. The second-order valence-electron chi connectivity index (χ2n) is 8.81. The molecule has 5 heterocycles. The fraction of sp³-hybridized carbons (Fsp3) is 0.348. The van der Waals surface area contributed by atoms with E-state index in [2.05, 4.69) is 41.8 Å². The monoisotopic (exact) mass is 431 g/mol. The lowest BCUT2D eigenvalue weighted by Gasteiger charge is -2.32. The molecule has 9 heteroatoms. The first-order chi connectivity index (χ1) is 15.3. The molecule has 0 saturated heterocycles. The zero-order valence-electron chi connectivity index (χ0n) is 18.6. The van der Waals surface area contributed by atoms with E-state index in [0.29, 0.717) is 23.5 Å². The first-order valence-corrected chi connectivity index (χ1v) is 10.6. The summed E-state index contributed by atoms with van der Waals surface area (Å²) in [6.07, 6.45) is 6.01. The summed E-state index contributed by atoms with van der Waals surface area (Å²) in [6.45, 7) is 7.96. The number of nitrogens with zero attached hydrogens (tertiary/aromatic N) is 7. The number of aryl methyl sites for hydroxylation is 1. The summed E-state index contributed by atoms with van der Waals surface area (Å²) in [5.74, 6) is 0.685. The number of carboxylic acid groups (broad SMARTS) is 1. The third-order valence-electron chi connectivity index (χ3n) is 6.05. The molecule has 0 aromatic carbocycles. The van der Waals surface area contributed by atoms with Crippen LogP contribution in [0.5, 0.6) is 0 Å². The molecule has 32 heavy (non-hydrogen) atoms. The molecule has 9 nitrogen and oxygen atoms in total. The molecule has 1 aliphatic rings. The van der Waals surface area contributed by atoms with Gasteiger partial charge in [0.15, 0.2) is 5.65 Å². The molecular weight excluding hydrogens is 406 g/mol. The third kappa shape index (κ3) is 3.21. The number of carbonyl (C=O) groups is 1. The van der Waals surface area contributed by atoms with Crippen LogP contribution in [0.4, 0.5) is 5.82 Å². The van der Waals surface area contributed by atoms with Crippen molar-refractivity contribution in [2.45, 2.75) is 39.3 Å². The van der Waals surface area contributed by atoms with Gasteiger partial charge in [0.1, 0.15) is 17.2 Å². The Morgan fingerprint density at radius 1 is 1.22 bits per heavy atom. The van der Waals surface area contributed by atoms with Gasteiger partial charge in [0.2, 0.25) is 0 Å². The number of aromatic carboxylic acids is 1. The van der Waals surface area contributed by atoms with Gasteiger partial charge in [0, 0.05) is 43.3 Å². The van der Waals surface area contributed by atoms with Crippen LogP contribution in [0.3, 0.4) is 0 Å². The summed E-state index contributed by atoms with van der Waals surface area (Å²) in [6, 6.07) is 5.66. The average molecular weight is 432 g/mol. The minimum absolute atomic E-state index is 0.00868. The van der Waals surface area contributed by atoms with Gasteiger partial charge < -0.3 is 14.6 Å². The highest BCUT2D eigenvalue weighted by Gasteiger charge is 2.36. The zero-order chi connectivity index (χ0) is 22.6. The Bertz CT molecular complexity index is 1350. The molecule has 0 radical (unpaired) electrons. The number of pyridine rings is 2. The van der Waals surface area contributed by atoms with Crippen LogP contribution in [-0.4, -0.2) is 52.5 Å². The molecule has 0 atom stereocenters. The van der Waals surface area contributed by atoms with E-state index in [9.17, 15) is 9.90 Å². The van der Waals surface area contributed by atoms with Crippen LogP contribution in [0.2, 0.25) is 0 Å². The molecule has 0 fully saturated rings. The van der Waals surface area contributed by atoms with Crippen LogP contribution < -0.4 is 4.90 Å². The molecule has 4 aromatic heterocycles. The summed E-state index contributed by atoms with van der Waals surface area (Å²) >= 11 is 0. The molecular formula is C23H25N7O2. The van der Waals surface area contributed by atoms with Gasteiger partial charge in [-0.1, -0.05) is 0 Å². The fourth-order valence-corrected chi connectivity index (χ4v) is 4.63. The number of likely N-dealkylation sites (N-methyl/N-ethyl adjacent to an activating group) is 1. The van der Waals surface area contributed by atoms with Crippen LogP contribution in [0.15, 0.2) is 36.8 Å². The first kappa shape index (κ1) is 20.2. The standard InChI is InChI=1S/C23H25N7O2/c1-5-30-19-14(10-23(30,2)3)8-15(11-24-19)20-26-18-9-16(22(31)32)12-25-21(18)29(20)13-17-6-7-28(4)27-17/h6-9,11-12H,5,10,13H2,1-4H3,(H,31,32). The lowest BCUT2D eigenvalue weighted by atomic mass is 9.99. The quantitative estimate of drug-likeness (QED) is 0.518. The number of rotatable bonds is 5. The molecule has 0 spiro atoms. The Balaban J connectivity index is 1.66. The van der Waals surface area contributed by atoms with Gasteiger partial charge in [-0.2, -0.15) is 5.10 Å². The van der Waals surface area contributed by atoms with Crippen molar-refractivity contribution in [2.24, 2.45) is 7.05 Å².